The third-order valence-electron chi connectivity index (χ3n) is 7.85. The van der Waals surface area contributed by atoms with Crippen LogP contribution in [0, 0.1) is 11.3 Å². The molecule has 2 amide bonds. The summed E-state index contributed by atoms with van der Waals surface area (Å²) in [7, 11) is 0. The van der Waals surface area contributed by atoms with Crippen LogP contribution >= 0.6 is 0 Å². The summed E-state index contributed by atoms with van der Waals surface area (Å²) >= 11 is 0. The number of piperidine rings is 1. The minimum Gasteiger partial charge on any atom is -0.480 e. The third kappa shape index (κ3) is 6.56. The molecular weight excluding hydrogens is 458 g/mol. The van der Waals surface area contributed by atoms with E-state index in [9.17, 15) is 19.5 Å². The van der Waals surface area contributed by atoms with Gasteiger partial charge in [-0.2, -0.15) is 0 Å². The second-order valence-corrected chi connectivity index (χ2v) is 10.6. The molecule has 1 saturated heterocycles. The van der Waals surface area contributed by atoms with Crippen LogP contribution in [0.15, 0.2) is 29.3 Å². The highest BCUT2D eigenvalue weighted by Crippen LogP contribution is 2.36. The van der Waals surface area contributed by atoms with Gasteiger partial charge in [0.2, 0.25) is 11.8 Å². The Morgan fingerprint density at radius 2 is 1.81 bits per heavy atom. The van der Waals surface area contributed by atoms with Gasteiger partial charge in [-0.3, -0.25) is 19.9 Å². The minimum absolute atomic E-state index is 0.0296. The second kappa shape index (κ2) is 11.8. The van der Waals surface area contributed by atoms with E-state index in [0.717, 1.165) is 88.8 Å². The minimum atomic E-state index is -1.01. The number of carboxylic acid groups (broad SMARTS) is 1. The summed E-state index contributed by atoms with van der Waals surface area (Å²) in [6.45, 7) is 5.10. The number of carbonyl (C=O) groups excluding carboxylic acids is 2. The number of carboxylic acids is 1. The van der Waals surface area contributed by atoms with Gasteiger partial charge < -0.3 is 20.6 Å². The van der Waals surface area contributed by atoms with Crippen LogP contribution in [-0.4, -0.2) is 61.1 Å². The van der Waals surface area contributed by atoms with E-state index in [2.05, 4.69) is 25.8 Å². The average Bonchev–Trinajstić information content (AvgIpc) is 2.89. The van der Waals surface area contributed by atoms with Crippen molar-refractivity contribution < 1.29 is 19.5 Å². The summed E-state index contributed by atoms with van der Waals surface area (Å²) in [5.74, 6) is -0.570. The molecule has 1 atom stereocenters. The fourth-order valence-corrected chi connectivity index (χ4v) is 5.41. The van der Waals surface area contributed by atoms with E-state index in [-0.39, 0.29) is 24.2 Å². The van der Waals surface area contributed by atoms with Gasteiger partial charge in [-0.15, -0.1) is 0 Å². The van der Waals surface area contributed by atoms with Crippen LogP contribution in [0.4, 0.5) is 5.69 Å². The highest BCUT2D eigenvalue weighted by atomic mass is 16.4. The number of nitrogens with zero attached hydrogens (tertiary/aromatic N) is 2. The Morgan fingerprint density at radius 1 is 1.11 bits per heavy atom. The third-order valence-corrected chi connectivity index (χ3v) is 7.85. The van der Waals surface area contributed by atoms with Crippen molar-refractivity contribution in [3.63, 3.8) is 0 Å². The zero-order valence-corrected chi connectivity index (χ0v) is 21.2. The highest BCUT2D eigenvalue weighted by molar-refractivity contribution is 5.98. The van der Waals surface area contributed by atoms with Crippen molar-refractivity contribution in [1.29, 1.82) is 0 Å². The molecule has 9 nitrogen and oxygen atoms in total. The van der Waals surface area contributed by atoms with E-state index < -0.39 is 17.4 Å². The van der Waals surface area contributed by atoms with E-state index in [0.29, 0.717) is 5.96 Å². The zero-order valence-electron chi connectivity index (χ0n) is 21.2. The lowest BCUT2D eigenvalue weighted by atomic mass is 9.75. The Labute approximate surface area is 213 Å². The van der Waals surface area contributed by atoms with Crippen LogP contribution in [0.2, 0.25) is 0 Å². The van der Waals surface area contributed by atoms with Gasteiger partial charge in [0, 0.05) is 49.6 Å². The number of rotatable bonds is 7. The topological polar surface area (TPSA) is 123 Å². The zero-order chi connectivity index (χ0) is 25.5. The molecule has 1 unspecified atom stereocenters. The lowest BCUT2D eigenvalue weighted by Gasteiger charge is -2.33. The molecule has 2 fully saturated rings. The van der Waals surface area contributed by atoms with Crippen LogP contribution in [0.5, 0.6) is 0 Å². The Kier molecular flexibility index (Phi) is 8.48. The maximum Gasteiger partial charge on any atom is 0.326 e. The fraction of sp³-hybridized carbons (Fsp3) is 0.630. The van der Waals surface area contributed by atoms with E-state index >= 15 is 0 Å². The fourth-order valence-electron chi connectivity index (χ4n) is 5.41. The average molecular weight is 498 g/mol. The summed E-state index contributed by atoms with van der Waals surface area (Å²) in [6.07, 6.45) is 7.55. The molecule has 0 aromatic heterocycles. The number of hydrogen-bond donors (Lipinski definition) is 4. The number of guanidine groups is 1. The molecule has 0 spiro atoms. The van der Waals surface area contributed by atoms with Gasteiger partial charge in [-0.25, -0.2) is 4.79 Å². The summed E-state index contributed by atoms with van der Waals surface area (Å²) in [5, 5.41) is 18.6. The Balaban J connectivity index is 1.28. The largest absolute Gasteiger partial charge is 0.480 e. The predicted octanol–water partition coefficient (Wildman–Crippen LogP) is 2.45. The highest BCUT2D eigenvalue weighted by Gasteiger charge is 2.36. The standard InChI is InChI=1S/C27H39N5O4/c1-27(12-3-2-4-13-27)25(36)30-22(24(34)35)18-19-6-8-21(9-7-19)32-16-10-20(11-17-32)23(33)31-26-28-14-5-15-29-26/h6-9,20,22H,2-5,10-18H2,1H3,(H,30,36)(H,34,35)(H2,28,29,31,33). The first-order valence-electron chi connectivity index (χ1n) is 13.3. The van der Waals surface area contributed by atoms with Gasteiger partial charge in [0.05, 0.1) is 0 Å². The Bertz CT molecular complexity index is 963. The lowest BCUT2D eigenvalue weighted by Crippen LogP contribution is -2.49. The molecule has 196 valence electrons. The normalized spacial score (nSPS) is 21.0. The second-order valence-electron chi connectivity index (χ2n) is 10.6. The van der Waals surface area contributed by atoms with Gasteiger partial charge in [-0.05, 0) is 49.8 Å². The molecule has 0 radical (unpaired) electrons. The summed E-state index contributed by atoms with van der Waals surface area (Å²) in [6, 6.07) is 6.93. The lowest BCUT2D eigenvalue weighted by molar-refractivity contribution is -0.144. The van der Waals surface area contributed by atoms with Gasteiger partial charge >= 0.3 is 5.97 Å². The predicted molar refractivity (Wildman–Crippen MR) is 139 cm³/mol. The van der Waals surface area contributed by atoms with Crippen LogP contribution in [0.1, 0.15) is 63.9 Å². The number of amides is 2. The first-order valence-corrected chi connectivity index (χ1v) is 13.3. The quantitative estimate of drug-likeness (QED) is 0.459. The molecule has 1 aromatic carbocycles. The Hall–Kier alpha value is -3.10. The molecule has 2 heterocycles. The van der Waals surface area contributed by atoms with Crippen LogP contribution in [0.25, 0.3) is 0 Å². The van der Waals surface area contributed by atoms with Crippen molar-refractivity contribution in [2.24, 2.45) is 16.3 Å². The van der Waals surface area contributed by atoms with Crippen molar-refractivity contribution in [3.8, 4) is 0 Å². The van der Waals surface area contributed by atoms with Gasteiger partial charge in [0.1, 0.15) is 6.04 Å². The number of nitrogens with one attached hydrogen (secondary N) is 3. The first kappa shape index (κ1) is 26.0. The van der Waals surface area contributed by atoms with Crippen LogP contribution < -0.4 is 20.9 Å². The monoisotopic (exact) mass is 497 g/mol. The van der Waals surface area contributed by atoms with Crippen molar-refractivity contribution in [2.45, 2.75) is 70.8 Å². The molecule has 1 aliphatic carbocycles. The van der Waals surface area contributed by atoms with Crippen LogP contribution in [-0.2, 0) is 20.8 Å². The smallest absolute Gasteiger partial charge is 0.326 e. The molecule has 3 aliphatic rings. The van der Waals surface area contributed by atoms with E-state index in [1.54, 1.807) is 0 Å². The molecule has 4 rings (SSSR count). The molecule has 1 saturated carbocycles. The van der Waals surface area contributed by atoms with Gasteiger partial charge in [0.15, 0.2) is 5.96 Å². The summed E-state index contributed by atoms with van der Waals surface area (Å²) in [5.41, 5.74) is 1.45. The molecule has 2 aliphatic heterocycles. The molecule has 1 aromatic rings. The van der Waals surface area contributed by atoms with Crippen molar-refractivity contribution in [1.82, 2.24) is 16.0 Å². The van der Waals surface area contributed by atoms with Gasteiger partial charge in [0.25, 0.3) is 0 Å². The molecule has 9 heteroatoms. The SMILES string of the molecule is CC1(C(=O)NC(Cc2ccc(N3CCC(C(=O)NC4=NCCCN4)CC3)cc2)C(=O)O)CCCCC1. The van der Waals surface area contributed by atoms with Crippen molar-refractivity contribution >= 4 is 29.4 Å². The van der Waals surface area contributed by atoms with Crippen molar-refractivity contribution in [3.05, 3.63) is 29.8 Å². The molecule has 0 bridgehead atoms. The van der Waals surface area contributed by atoms with E-state index in [1.807, 2.05) is 31.2 Å². The molecular formula is C27H39N5O4. The molecule has 36 heavy (non-hydrogen) atoms. The molecule has 4 N–H and O–H groups in total. The van der Waals surface area contributed by atoms with E-state index in [1.165, 1.54) is 0 Å². The number of benzene rings is 1. The number of aliphatic carboxylic acids is 1. The number of hydrogen-bond acceptors (Lipinski definition) is 6. The van der Waals surface area contributed by atoms with Gasteiger partial charge in [-0.1, -0.05) is 38.3 Å². The van der Waals surface area contributed by atoms with E-state index in [4.69, 9.17) is 0 Å². The van der Waals surface area contributed by atoms with Crippen LogP contribution in [0.3, 0.4) is 0 Å². The summed E-state index contributed by atoms with van der Waals surface area (Å²) < 4.78 is 0. The number of anilines is 1. The first-order chi connectivity index (χ1) is 17.3. The Morgan fingerprint density at radius 3 is 2.42 bits per heavy atom. The number of aliphatic imine (C=N–C) groups is 1. The van der Waals surface area contributed by atoms with Crippen molar-refractivity contribution in [2.75, 3.05) is 31.1 Å². The maximum absolute atomic E-state index is 12.9. The number of carbonyl (C=O) groups is 3. The maximum atomic E-state index is 12.9. The summed E-state index contributed by atoms with van der Waals surface area (Å²) in [4.78, 5) is 43.9.